The molecule has 0 spiro atoms. The molecule has 0 heterocycles. The average Bonchev–Trinajstić information content (AvgIpc) is 2.50. The second-order valence-electron chi connectivity index (χ2n) is 4.84. The fourth-order valence-corrected chi connectivity index (χ4v) is 1.95. The summed E-state index contributed by atoms with van der Waals surface area (Å²) in [6.45, 7) is 4.02. The number of hydrogen-bond donors (Lipinski definition) is 1. The third-order valence-corrected chi connectivity index (χ3v) is 3.41. The van der Waals surface area contributed by atoms with E-state index in [-0.39, 0.29) is 5.91 Å². The van der Waals surface area contributed by atoms with Gasteiger partial charge < -0.3 is 10.1 Å². The molecule has 3 nitrogen and oxygen atoms in total. The monoisotopic (exact) mass is 281 g/mol. The lowest BCUT2D eigenvalue weighted by Crippen LogP contribution is -2.09. The van der Waals surface area contributed by atoms with Crippen molar-refractivity contribution in [2.75, 3.05) is 12.4 Å². The predicted molar refractivity (Wildman–Crippen MR) is 86.6 cm³/mol. The molecule has 0 unspecified atom stereocenters. The number of nitrogens with one attached hydrogen (secondary N) is 1. The fourth-order valence-electron chi connectivity index (χ4n) is 1.95. The van der Waals surface area contributed by atoms with E-state index in [9.17, 15) is 4.79 Å². The van der Waals surface area contributed by atoms with Gasteiger partial charge in [-0.2, -0.15) is 0 Å². The van der Waals surface area contributed by atoms with Gasteiger partial charge in [0, 0.05) is 11.8 Å². The molecule has 1 N–H and O–H groups in total. The van der Waals surface area contributed by atoms with E-state index in [1.54, 1.807) is 13.2 Å². The summed E-state index contributed by atoms with van der Waals surface area (Å²) in [5.41, 5.74) is 4.04. The van der Waals surface area contributed by atoms with E-state index < -0.39 is 0 Å². The SMILES string of the molecule is COc1ccc(C=CC(=O)Nc2cccc(C)c2C)cc1. The maximum atomic E-state index is 11.9. The van der Waals surface area contributed by atoms with E-state index in [4.69, 9.17) is 4.74 Å². The third-order valence-electron chi connectivity index (χ3n) is 3.41. The zero-order valence-corrected chi connectivity index (χ0v) is 12.5. The number of ether oxygens (including phenoxy) is 1. The third kappa shape index (κ3) is 3.96. The topological polar surface area (TPSA) is 38.3 Å². The van der Waals surface area contributed by atoms with Gasteiger partial charge in [-0.05, 0) is 54.8 Å². The molecule has 21 heavy (non-hydrogen) atoms. The molecule has 1 amide bonds. The highest BCUT2D eigenvalue weighted by molar-refractivity contribution is 6.02. The Balaban J connectivity index is 2.03. The Bertz CT molecular complexity index is 657. The van der Waals surface area contributed by atoms with E-state index in [2.05, 4.69) is 5.32 Å². The number of aryl methyl sites for hydroxylation is 1. The summed E-state index contributed by atoms with van der Waals surface area (Å²) < 4.78 is 5.09. The summed E-state index contributed by atoms with van der Waals surface area (Å²) in [6.07, 6.45) is 3.31. The van der Waals surface area contributed by atoms with Crippen LogP contribution in [-0.4, -0.2) is 13.0 Å². The number of benzene rings is 2. The van der Waals surface area contributed by atoms with E-state index in [0.29, 0.717) is 0 Å². The smallest absolute Gasteiger partial charge is 0.248 e. The first-order valence-corrected chi connectivity index (χ1v) is 6.79. The van der Waals surface area contributed by atoms with Gasteiger partial charge in [0.05, 0.1) is 7.11 Å². The molecule has 2 aromatic rings. The first-order valence-electron chi connectivity index (χ1n) is 6.79. The number of carbonyl (C=O) groups is 1. The Morgan fingerprint density at radius 2 is 1.81 bits per heavy atom. The van der Waals surface area contributed by atoms with Crippen molar-refractivity contribution < 1.29 is 9.53 Å². The Hall–Kier alpha value is -2.55. The summed E-state index contributed by atoms with van der Waals surface area (Å²) >= 11 is 0. The molecule has 3 heteroatoms. The van der Waals surface area contributed by atoms with Crippen LogP contribution in [0.1, 0.15) is 16.7 Å². The summed E-state index contributed by atoms with van der Waals surface area (Å²) in [5, 5.41) is 2.89. The molecule has 0 saturated carbocycles. The number of hydrogen-bond acceptors (Lipinski definition) is 2. The van der Waals surface area contributed by atoms with Gasteiger partial charge in [-0.15, -0.1) is 0 Å². The molecule has 0 saturated heterocycles. The number of rotatable bonds is 4. The number of carbonyl (C=O) groups excluding carboxylic acids is 1. The van der Waals surface area contributed by atoms with Crippen LogP contribution in [0.25, 0.3) is 6.08 Å². The zero-order valence-electron chi connectivity index (χ0n) is 12.5. The number of amides is 1. The zero-order chi connectivity index (χ0) is 15.2. The molecule has 0 aliphatic rings. The molecule has 108 valence electrons. The van der Waals surface area contributed by atoms with Gasteiger partial charge in [0.25, 0.3) is 0 Å². The largest absolute Gasteiger partial charge is 0.497 e. The quantitative estimate of drug-likeness (QED) is 0.861. The normalized spacial score (nSPS) is 10.6. The van der Waals surface area contributed by atoms with Crippen LogP contribution >= 0.6 is 0 Å². The highest BCUT2D eigenvalue weighted by Crippen LogP contribution is 2.18. The lowest BCUT2D eigenvalue weighted by atomic mass is 10.1. The summed E-state index contributed by atoms with van der Waals surface area (Å²) in [7, 11) is 1.63. The lowest BCUT2D eigenvalue weighted by Gasteiger charge is -2.08. The van der Waals surface area contributed by atoms with Crippen LogP contribution in [0.5, 0.6) is 5.75 Å². The van der Waals surface area contributed by atoms with Crippen molar-refractivity contribution in [1.29, 1.82) is 0 Å². The Labute approximate surface area is 125 Å². The second kappa shape index (κ2) is 6.75. The van der Waals surface area contributed by atoms with Gasteiger partial charge in [0.2, 0.25) is 5.91 Å². The molecule has 0 aliphatic carbocycles. The standard InChI is InChI=1S/C18H19NO2/c1-13-5-4-6-17(14(13)2)19-18(20)12-9-15-7-10-16(21-3)11-8-15/h4-12H,1-3H3,(H,19,20). The van der Waals surface area contributed by atoms with Crippen molar-refractivity contribution in [3.05, 3.63) is 65.2 Å². The van der Waals surface area contributed by atoms with Crippen LogP contribution in [0, 0.1) is 13.8 Å². The molecule has 0 atom stereocenters. The highest BCUT2D eigenvalue weighted by Gasteiger charge is 2.03. The predicted octanol–water partition coefficient (Wildman–Crippen LogP) is 3.96. The second-order valence-corrected chi connectivity index (χ2v) is 4.84. The van der Waals surface area contributed by atoms with Crippen LogP contribution < -0.4 is 10.1 Å². The van der Waals surface area contributed by atoms with Crippen molar-refractivity contribution in [3.8, 4) is 5.75 Å². The molecule has 0 bridgehead atoms. The number of methoxy groups -OCH3 is 1. The molecule has 0 fully saturated rings. The van der Waals surface area contributed by atoms with Crippen molar-refractivity contribution >= 4 is 17.7 Å². The van der Waals surface area contributed by atoms with Gasteiger partial charge in [0.1, 0.15) is 5.75 Å². The summed E-state index contributed by atoms with van der Waals surface area (Å²) in [5.74, 6) is 0.659. The minimum absolute atomic E-state index is 0.139. The Morgan fingerprint density at radius 3 is 2.48 bits per heavy atom. The first-order chi connectivity index (χ1) is 10.1. The number of anilines is 1. The highest BCUT2D eigenvalue weighted by atomic mass is 16.5. The van der Waals surface area contributed by atoms with Crippen molar-refractivity contribution in [1.82, 2.24) is 0 Å². The van der Waals surface area contributed by atoms with E-state index in [1.165, 1.54) is 6.08 Å². The lowest BCUT2D eigenvalue weighted by molar-refractivity contribution is -0.111. The molecule has 2 rings (SSSR count). The maximum Gasteiger partial charge on any atom is 0.248 e. The Kier molecular flexibility index (Phi) is 4.77. The summed E-state index contributed by atoms with van der Waals surface area (Å²) in [4.78, 5) is 11.9. The van der Waals surface area contributed by atoms with E-state index in [0.717, 1.165) is 28.1 Å². The first kappa shape index (κ1) is 14.9. The van der Waals surface area contributed by atoms with Crippen LogP contribution in [-0.2, 0) is 4.79 Å². The Morgan fingerprint density at radius 1 is 1.10 bits per heavy atom. The molecule has 0 aromatic heterocycles. The maximum absolute atomic E-state index is 11.9. The van der Waals surface area contributed by atoms with Crippen LogP contribution in [0.2, 0.25) is 0 Å². The van der Waals surface area contributed by atoms with Crippen molar-refractivity contribution in [3.63, 3.8) is 0 Å². The van der Waals surface area contributed by atoms with Gasteiger partial charge in [0.15, 0.2) is 0 Å². The van der Waals surface area contributed by atoms with Crippen molar-refractivity contribution in [2.24, 2.45) is 0 Å². The van der Waals surface area contributed by atoms with Gasteiger partial charge in [-0.3, -0.25) is 4.79 Å². The van der Waals surface area contributed by atoms with E-state index in [1.807, 2.05) is 56.3 Å². The van der Waals surface area contributed by atoms with Crippen LogP contribution in [0.3, 0.4) is 0 Å². The van der Waals surface area contributed by atoms with E-state index >= 15 is 0 Å². The molecule has 0 aliphatic heterocycles. The molecule has 2 aromatic carbocycles. The molecular weight excluding hydrogens is 262 g/mol. The summed E-state index contributed by atoms with van der Waals surface area (Å²) in [6, 6.07) is 13.4. The molecular formula is C18H19NO2. The van der Waals surface area contributed by atoms with Crippen LogP contribution in [0.15, 0.2) is 48.5 Å². The van der Waals surface area contributed by atoms with Crippen molar-refractivity contribution in [2.45, 2.75) is 13.8 Å². The van der Waals surface area contributed by atoms with Crippen LogP contribution in [0.4, 0.5) is 5.69 Å². The van der Waals surface area contributed by atoms with Gasteiger partial charge >= 0.3 is 0 Å². The average molecular weight is 281 g/mol. The molecule has 0 radical (unpaired) electrons. The van der Waals surface area contributed by atoms with Gasteiger partial charge in [-0.1, -0.05) is 24.3 Å². The minimum Gasteiger partial charge on any atom is -0.497 e. The van der Waals surface area contributed by atoms with Gasteiger partial charge in [-0.25, -0.2) is 0 Å². The minimum atomic E-state index is -0.139. The fraction of sp³-hybridized carbons (Fsp3) is 0.167.